The fourth-order valence-electron chi connectivity index (χ4n) is 3.37. The van der Waals surface area contributed by atoms with Crippen LogP contribution in [-0.4, -0.2) is 40.7 Å². The molecule has 1 saturated carbocycles. The van der Waals surface area contributed by atoms with Crippen LogP contribution in [0.5, 0.6) is 5.75 Å². The molecule has 2 N–H and O–H groups in total. The maximum absolute atomic E-state index is 12.6. The third kappa shape index (κ3) is 6.29. The van der Waals surface area contributed by atoms with E-state index in [9.17, 15) is 13.2 Å². The van der Waals surface area contributed by atoms with Crippen molar-refractivity contribution in [3.05, 3.63) is 54.1 Å². The van der Waals surface area contributed by atoms with Crippen molar-refractivity contribution in [1.29, 1.82) is 0 Å². The summed E-state index contributed by atoms with van der Waals surface area (Å²) in [7, 11) is -1.95. The Kier molecular flexibility index (Phi) is 7.84. The zero-order valence-electron chi connectivity index (χ0n) is 17.1. The number of hydrogen-bond donors (Lipinski definition) is 2. The second kappa shape index (κ2) is 10.6. The molecule has 30 heavy (non-hydrogen) atoms. The number of rotatable bonds is 9. The third-order valence-corrected chi connectivity index (χ3v) is 6.56. The third-order valence-electron chi connectivity index (χ3n) is 5.02. The van der Waals surface area contributed by atoms with Crippen molar-refractivity contribution in [1.82, 2.24) is 4.72 Å². The van der Waals surface area contributed by atoms with Crippen molar-refractivity contribution < 1.29 is 22.7 Å². The van der Waals surface area contributed by atoms with Crippen LogP contribution >= 0.6 is 0 Å². The molecule has 3 rings (SSSR count). The number of sulfonamides is 1. The Morgan fingerprint density at radius 1 is 0.967 bits per heavy atom. The van der Waals surface area contributed by atoms with Crippen LogP contribution in [0.1, 0.15) is 42.5 Å². The van der Waals surface area contributed by atoms with Gasteiger partial charge < -0.3 is 14.8 Å². The fraction of sp³-hybridized carbons (Fsp3) is 0.409. The Hall–Kier alpha value is -2.42. The molecule has 2 aromatic rings. The van der Waals surface area contributed by atoms with E-state index in [1.165, 1.54) is 12.1 Å². The van der Waals surface area contributed by atoms with E-state index in [0.717, 1.165) is 32.1 Å². The van der Waals surface area contributed by atoms with Crippen molar-refractivity contribution >= 4 is 21.6 Å². The van der Waals surface area contributed by atoms with Crippen LogP contribution in [0.25, 0.3) is 0 Å². The van der Waals surface area contributed by atoms with Gasteiger partial charge in [-0.25, -0.2) is 13.1 Å². The second-order valence-electron chi connectivity index (χ2n) is 7.30. The lowest BCUT2D eigenvalue weighted by Crippen LogP contribution is -2.36. The lowest BCUT2D eigenvalue weighted by molar-refractivity contribution is 0.102. The summed E-state index contributed by atoms with van der Waals surface area (Å²) >= 11 is 0. The van der Waals surface area contributed by atoms with E-state index in [0.29, 0.717) is 30.2 Å². The van der Waals surface area contributed by atoms with Gasteiger partial charge in [0.15, 0.2) is 0 Å². The van der Waals surface area contributed by atoms with Gasteiger partial charge in [0.1, 0.15) is 12.4 Å². The van der Waals surface area contributed by atoms with Gasteiger partial charge in [0.25, 0.3) is 5.91 Å². The van der Waals surface area contributed by atoms with Gasteiger partial charge in [-0.1, -0.05) is 19.3 Å². The second-order valence-corrected chi connectivity index (χ2v) is 9.01. The zero-order chi connectivity index (χ0) is 21.4. The Morgan fingerprint density at radius 3 is 2.27 bits per heavy atom. The summed E-state index contributed by atoms with van der Waals surface area (Å²) in [6, 6.07) is 13.0. The largest absolute Gasteiger partial charge is 0.491 e. The van der Waals surface area contributed by atoms with Crippen LogP contribution in [0.4, 0.5) is 5.69 Å². The van der Waals surface area contributed by atoms with Gasteiger partial charge in [0, 0.05) is 24.4 Å². The van der Waals surface area contributed by atoms with E-state index < -0.39 is 10.0 Å². The van der Waals surface area contributed by atoms with E-state index in [2.05, 4.69) is 10.0 Å². The Labute approximate surface area is 177 Å². The molecule has 0 aromatic heterocycles. The Morgan fingerprint density at radius 2 is 1.63 bits per heavy atom. The molecule has 8 heteroatoms. The van der Waals surface area contributed by atoms with Gasteiger partial charge >= 0.3 is 0 Å². The minimum Gasteiger partial charge on any atom is -0.491 e. The summed E-state index contributed by atoms with van der Waals surface area (Å²) in [4.78, 5) is 12.6. The number of methoxy groups -OCH3 is 1. The molecule has 0 unspecified atom stereocenters. The maximum Gasteiger partial charge on any atom is 0.255 e. The van der Waals surface area contributed by atoms with Crippen LogP contribution in [0.15, 0.2) is 53.4 Å². The lowest BCUT2D eigenvalue weighted by Gasteiger charge is -2.22. The molecule has 0 bridgehead atoms. The standard InChI is InChI=1S/C22H28N2O5S/c1-28-15-16-29-20-11-7-17(8-12-20)22(25)23-18-9-13-21(14-10-18)30(26,27)24-19-5-3-2-4-6-19/h7-14,19,24H,2-6,15-16H2,1H3,(H,23,25). The molecule has 1 aliphatic carbocycles. The first-order valence-corrected chi connectivity index (χ1v) is 11.6. The quantitative estimate of drug-likeness (QED) is 0.591. The number of anilines is 1. The number of nitrogens with one attached hydrogen (secondary N) is 2. The monoisotopic (exact) mass is 432 g/mol. The highest BCUT2D eigenvalue weighted by Crippen LogP contribution is 2.21. The first kappa shape index (κ1) is 22.3. The van der Waals surface area contributed by atoms with Crippen molar-refractivity contribution in [2.75, 3.05) is 25.6 Å². The van der Waals surface area contributed by atoms with Gasteiger partial charge in [0.2, 0.25) is 10.0 Å². The molecule has 1 amide bonds. The molecule has 2 aromatic carbocycles. The first-order chi connectivity index (χ1) is 14.5. The molecule has 7 nitrogen and oxygen atoms in total. The highest BCUT2D eigenvalue weighted by molar-refractivity contribution is 7.89. The summed E-state index contributed by atoms with van der Waals surface area (Å²) in [5.41, 5.74) is 1.00. The van der Waals surface area contributed by atoms with Crippen LogP contribution in [0.3, 0.4) is 0 Å². The summed E-state index contributed by atoms with van der Waals surface area (Å²) in [6.45, 7) is 0.928. The molecule has 0 aliphatic heterocycles. The predicted molar refractivity (Wildman–Crippen MR) is 115 cm³/mol. The van der Waals surface area contributed by atoms with Crippen LogP contribution < -0.4 is 14.8 Å². The average molecular weight is 433 g/mol. The normalized spacial score (nSPS) is 15.0. The SMILES string of the molecule is COCCOc1ccc(C(=O)Nc2ccc(S(=O)(=O)NC3CCCCC3)cc2)cc1. The number of amides is 1. The van der Waals surface area contributed by atoms with Gasteiger partial charge in [0.05, 0.1) is 11.5 Å². The van der Waals surface area contributed by atoms with E-state index in [-0.39, 0.29) is 16.8 Å². The van der Waals surface area contributed by atoms with Gasteiger partial charge in [-0.05, 0) is 61.4 Å². The van der Waals surface area contributed by atoms with E-state index in [1.807, 2.05) is 0 Å². The summed E-state index contributed by atoms with van der Waals surface area (Å²) in [5.74, 6) is 0.373. The van der Waals surface area contributed by atoms with Crippen LogP contribution in [0, 0.1) is 0 Å². The minimum absolute atomic E-state index is 0.00424. The molecule has 0 spiro atoms. The van der Waals surface area contributed by atoms with Crippen LogP contribution in [-0.2, 0) is 14.8 Å². The maximum atomic E-state index is 12.6. The topological polar surface area (TPSA) is 93.7 Å². The van der Waals surface area contributed by atoms with E-state index in [1.54, 1.807) is 43.5 Å². The molecule has 0 saturated heterocycles. The lowest BCUT2D eigenvalue weighted by atomic mass is 9.96. The van der Waals surface area contributed by atoms with Gasteiger partial charge in [-0.3, -0.25) is 4.79 Å². The molecule has 0 atom stereocenters. The Balaban J connectivity index is 1.57. The highest BCUT2D eigenvalue weighted by atomic mass is 32.2. The van der Waals surface area contributed by atoms with Gasteiger partial charge in [-0.2, -0.15) is 0 Å². The summed E-state index contributed by atoms with van der Waals surface area (Å²) in [6.07, 6.45) is 5.03. The van der Waals surface area contributed by atoms with Crippen molar-refractivity contribution in [3.63, 3.8) is 0 Å². The van der Waals surface area contributed by atoms with E-state index in [4.69, 9.17) is 9.47 Å². The number of carbonyl (C=O) groups is 1. The number of hydrogen-bond acceptors (Lipinski definition) is 5. The number of benzene rings is 2. The molecule has 1 aliphatic rings. The van der Waals surface area contributed by atoms with E-state index >= 15 is 0 Å². The molecule has 1 fully saturated rings. The van der Waals surface area contributed by atoms with Crippen LogP contribution in [0.2, 0.25) is 0 Å². The smallest absolute Gasteiger partial charge is 0.255 e. The fourth-order valence-corrected chi connectivity index (χ4v) is 4.68. The summed E-state index contributed by atoms with van der Waals surface area (Å²) < 4.78 is 38.3. The first-order valence-electron chi connectivity index (χ1n) is 10.1. The molecule has 0 heterocycles. The van der Waals surface area contributed by atoms with Gasteiger partial charge in [-0.15, -0.1) is 0 Å². The number of carbonyl (C=O) groups excluding carboxylic acids is 1. The predicted octanol–water partition coefficient (Wildman–Crippen LogP) is 3.58. The minimum atomic E-state index is -3.56. The highest BCUT2D eigenvalue weighted by Gasteiger charge is 2.21. The van der Waals surface area contributed by atoms with Crippen molar-refractivity contribution in [2.24, 2.45) is 0 Å². The zero-order valence-corrected chi connectivity index (χ0v) is 17.9. The molecule has 162 valence electrons. The van der Waals surface area contributed by atoms with Crippen molar-refractivity contribution in [3.8, 4) is 5.75 Å². The molecular formula is C22H28N2O5S. The average Bonchev–Trinajstić information content (AvgIpc) is 2.75. The van der Waals surface area contributed by atoms with Crippen molar-refractivity contribution in [2.45, 2.75) is 43.0 Å². The Bertz CT molecular complexity index is 921. The number of ether oxygens (including phenoxy) is 2. The molecule has 0 radical (unpaired) electrons. The summed E-state index contributed by atoms with van der Waals surface area (Å²) in [5, 5.41) is 2.78. The molecular weight excluding hydrogens is 404 g/mol.